The number of halogens is 3. The second kappa shape index (κ2) is 3.50. The molecule has 0 nitrogen and oxygen atoms in total. The van der Waals surface area contributed by atoms with Crippen molar-refractivity contribution < 1.29 is 14.3 Å². The van der Waals surface area contributed by atoms with Crippen molar-refractivity contribution in [3.63, 3.8) is 0 Å². The zero-order chi connectivity index (χ0) is 13.9. The van der Waals surface area contributed by atoms with Gasteiger partial charge in [0, 0.05) is 5.48 Å². The molecule has 3 heteroatoms. The monoisotopic (exact) mass is 220 g/mol. The Bertz CT molecular complexity index is 516. The molecule has 1 aromatic carbocycles. The van der Waals surface area contributed by atoms with Crippen LogP contribution in [0.2, 0.25) is 5.02 Å². The highest BCUT2D eigenvalue weighted by atomic mass is 35.5. The first-order valence-corrected chi connectivity index (χ1v) is 4.63. The minimum absolute atomic E-state index is 0.149. The van der Waals surface area contributed by atoms with Crippen LogP contribution < -0.4 is 0 Å². The van der Waals surface area contributed by atoms with E-state index in [-0.39, 0.29) is 17.5 Å². The van der Waals surface area contributed by atoms with Gasteiger partial charge in [-0.15, -0.1) is 0 Å². The van der Waals surface area contributed by atoms with Crippen molar-refractivity contribution in [2.45, 2.75) is 26.1 Å². The van der Waals surface area contributed by atoms with Crippen LogP contribution >= 0.6 is 11.6 Å². The molecule has 1 aromatic rings. The molecular formula is C11H11ClF2. The lowest BCUT2D eigenvalue weighted by Gasteiger charge is -2.22. The van der Waals surface area contributed by atoms with Gasteiger partial charge >= 0.3 is 0 Å². The van der Waals surface area contributed by atoms with Crippen LogP contribution in [-0.4, -0.2) is 0 Å². The summed E-state index contributed by atoms with van der Waals surface area (Å²) in [6.45, 7) is 1.40. The van der Waals surface area contributed by atoms with Crippen molar-refractivity contribution in [2.75, 3.05) is 0 Å². The first-order valence-electron chi connectivity index (χ1n) is 6.26. The van der Waals surface area contributed by atoms with Gasteiger partial charge in [-0.1, -0.05) is 18.5 Å². The van der Waals surface area contributed by atoms with Gasteiger partial charge in [0.05, 0.1) is 0 Å². The molecular weight excluding hydrogens is 206 g/mol. The summed E-state index contributed by atoms with van der Waals surface area (Å²) in [5, 5.41) is -0.713. The second-order valence-corrected chi connectivity index (χ2v) is 3.64. The summed E-state index contributed by atoms with van der Waals surface area (Å²) in [5.41, 5.74) is -0.320. The minimum atomic E-state index is -2.14. The van der Waals surface area contributed by atoms with Crippen LogP contribution in [0.1, 0.15) is 29.9 Å². The smallest absolute Gasteiger partial charge is 0.148 e. The van der Waals surface area contributed by atoms with E-state index in [9.17, 15) is 8.78 Å². The van der Waals surface area contributed by atoms with E-state index >= 15 is 0 Å². The lowest BCUT2D eigenvalue weighted by atomic mass is 9.85. The number of hydrogen-bond acceptors (Lipinski definition) is 0. The molecule has 0 saturated heterocycles. The Morgan fingerprint density at radius 2 is 2.29 bits per heavy atom. The predicted octanol–water partition coefficient (Wildman–Crippen LogP) is 3.74. The number of fused-ring (bicyclic) bond motifs is 1. The number of hydrogen-bond donors (Lipinski definition) is 0. The van der Waals surface area contributed by atoms with Gasteiger partial charge in [0.15, 0.2) is 0 Å². The van der Waals surface area contributed by atoms with E-state index < -0.39 is 35.3 Å². The van der Waals surface area contributed by atoms with E-state index in [4.69, 9.17) is 17.1 Å². The van der Waals surface area contributed by atoms with Gasteiger partial charge in [-0.05, 0) is 42.3 Å². The summed E-state index contributed by atoms with van der Waals surface area (Å²) in [4.78, 5) is 0. The van der Waals surface area contributed by atoms with Gasteiger partial charge in [0.2, 0.25) is 0 Å². The quantitative estimate of drug-likeness (QED) is 0.585. The highest BCUT2D eigenvalue weighted by Gasteiger charge is 2.22. The third-order valence-corrected chi connectivity index (χ3v) is 2.57. The Hall–Kier alpha value is -0.630. The van der Waals surface area contributed by atoms with Gasteiger partial charge < -0.3 is 0 Å². The van der Waals surface area contributed by atoms with Crippen LogP contribution in [0.15, 0.2) is 6.07 Å². The normalized spacial score (nSPS) is 32.1. The molecule has 1 atom stereocenters. The van der Waals surface area contributed by atoms with Crippen molar-refractivity contribution >= 4 is 11.6 Å². The molecule has 0 spiro atoms. The third-order valence-electron chi connectivity index (χ3n) is 2.22. The lowest BCUT2D eigenvalue weighted by molar-refractivity contribution is 0.475. The summed E-state index contributed by atoms with van der Waals surface area (Å²) in [5.74, 6) is -3.09. The lowest BCUT2D eigenvalue weighted by Crippen LogP contribution is -2.13. The van der Waals surface area contributed by atoms with Gasteiger partial charge in [0.25, 0.3) is 0 Å². The van der Waals surface area contributed by atoms with Crippen LogP contribution in [0.25, 0.3) is 0 Å². The van der Waals surface area contributed by atoms with Crippen molar-refractivity contribution in [1.29, 1.82) is 0 Å². The topological polar surface area (TPSA) is 0 Å². The fourth-order valence-corrected chi connectivity index (χ4v) is 1.64. The van der Waals surface area contributed by atoms with Crippen molar-refractivity contribution in [3.8, 4) is 0 Å². The zero-order valence-corrected chi connectivity index (χ0v) is 8.25. The number of benzene rings is 1. The SMILES string of the molecule is [2H]C1([2H])Cc2c(cc(F)c(Cl)c2F)C([2H])([2H])C1C. The molecule has 0 bridgehead atoms. The standard InChI is InChI=1S/C11H11ClF2/c1-6-2-3-8-7(4-6)5-9(13)10(12)11(8)14/h5-6H,2-4H2,1H3/i2D2,4D2. The fraction of sp³-hybridized carbons (Fsp3) is 0.455. The molecule has 0 fully saturated rings. The zero-order valence-electron chi connectivity index (χ0n) is 11.5. The van der Waals surface area contributed by atoms with Crippen molar-refractivity contribution in [2.24, 2.45) is 5.92 Å². The van der Waals surface area contributed by atoms with Gasteiger partial charge in [-0.3, -0.25) is 0 Å². The van der Waals surface area contributed by atoms with Gasteiger partial charge in [-0.2, -0.15) is 0 Å². The summed E-state index contributed by atoms with van der Waals surface area (Å²) in [6, 6.07) is 0.868. The van der Waals surface area contributed by atoms with Crippen LogP contribution in [0.5, 0.6) is 0 Å². The Balaban J connectivity index is 2.75. The van der Waals surface area contributed by atoms with Crippen LogP contribution in [-0.2, 0) is 12.8 Å². The molecule has 0 heterocycles. The average molecular weight is 221 g/mol. The molecule has 1 aliphatic rings. The molecule has 0 amide bonds. The summed E-state index contributed by atoms with van der Waals surface area (Å²) in [6.07, 6.45) is -4.35. The molecule has 1 aliphatic carbocycles. The Morgan fingerprint density at radius 1 is 1.57 bits per heavy atom. The summed E-state index contributed by atoms with van der Waals surface area (Å²) in [7, 11) is 0. The summed E-state index contributed by atoms with van der Waals surface area (Å²) >= 11 is 5.44. The van der Waals surface area contributed by atoms with Crippen molar-refractivity contribution in [3.05, 3.63) is 33.9 Å². The van der Waals surface area contributed by atoms with E-state index in [1.807, 2.05) is 0 Å². The minimum Gasteiger partial charge on any atom is -0.205 e. The van der Waals surface area contributed by atoms with Crippen molar-refractivity contribution in [1.82, 2.24) is 0 Å². The molecule has 1 unspecified atom stereocenters. The fourth-order valence-electron chi connectivity index (χ4n) is 1.47. The Morgan fingerprint density at radius 3 is 3.00 bits per heavy atom. The van der Waals surface area contributed by atoms with Crippen LogP contribution in [0.3, 0.4) is 0 Å². The highest BCUT2D eigenvalue weighted by molar-refractivity contribution is 6.31. The molecule has 0 N–H and O–H groups in total. The Labute approximate surface area is 92.5 Å². The summed E-state index contributed by atoms with van der Waals surface area (Å²) < 4.78 is 58.5. The van der Waals surface area contributed by atoms with Gasteiger partial charge in [-0.25, -0.2) is 8.78 Å². The third kappa shape index (κ3) is 1.52. The molecule has 0 saturated carbocycles. The van der Waals surface area contributed by atoms with E-state index in [0.717, 1.165) is 6.07 Å². The highest BCUT2D eigenvalue weighted by Crippen LogP contribution is 2.32. The molecule has 0 radical (unpaired) electrons. The largest absolute Gasteiger partial charge is 0.205 e. The molecule has 0 aliphatic heterocycles. The molecule has 0 aromatic heterocycles. The second-order valence-electron chi connectivity index (χ2n) is 3.26. The maximum atomic E-state index is 13.9. The number of rotatable bonds is 0. The van der Waals surface area contributed by atoms with E-state index in [0.29, 0.717) is 0 Å². The maximum Gasteiger partial charge on any atom is 0.148 e. The van der Waals surface area contributed by atoms with E-state index in [1.54, 1.807) is 0 Å². The Kier molecular flexibility index (Phi) is 1.52. The van der Waals surface area contributed by atoms with Crippen LogP contribution in [0.4, 0.5) is 8.78 Å². The first kappa shape index (κ1) is 6.06. The maximum absolute atomic E-state index is 13.9. The molecule has 14 heavy (non-hydrogen) atoms. The van der Waals surface area contributed by atoms with E-state index in [1.165, 1.54) is 6.92 Å². The van der Waals surface area contributed by atoms with Gasteiger partial charge in [0.1, 0.15) is 16.7 Å². The van der Waals surface area contributed by atoms with Crippen LogP contribution in [0, 0.1) is 17.6 Å². The molecule has 2 rings (SSSR count). The molecule has 76 valence electrons. The first-order chi connectivity index (χ1) is 8.09. The average Bonchev–Trinajstić information content (AvgIpc) is 2.26. The van der Waals surface area contributed by atoms with E-state index in [2.05, 4.69) is 0 Å². The predicted molar refractivity (Wildman–Crippen MR) is 52.6 cm³/mol.